The van der Waals surface area contributed by atoms with Crippen LogP contribution in [0.2, 0.25) is 0 Å². The minimum atomic E-state index is 0.667. The Labute approximate surface area is 88.5 Å². The second-order valence-corrected chi connectivity index (χ2v) is 4.18. The summed E-state index contributed by atoms with van der Waals surface area (Å²) in [5, 5.41) is 3.47. The van der Waals surface area contributed by atoms with Crippen molar-refractivity contribution in [2.75, 3.05) is 45.8 Å². The Morgan fingerprint density at radius 1 is 1.36 bits per heavy atom. The summed E-state index contributed by atoms with van der Waals surface area (Å²) in [4.78, 5) is 5.06. The molecule has 0 amide bonds. The van der Waals surface area contributed by atoms with Crippen molar-refractivity contribution >= 4 is 0 Å². The molecule has 1 aliphatic rings. The molecular formula is C11H25N3. The van der Waals surface area contributed by atoms with Gasteiger partial charge < -0.3 is 10.2 Å². The molecule has 14 heavy (non-hydrogen) atoms. The molecule has 0 saturated carbocycles. The topological polar surface area (TPSA) is 18.5 Å². The van der Waals surface area contributed by atoms with Gasteiger partial charge in [-0.3, -0.25) is 4.90 Å². The maximum absolute atomic E-state index is 3.47. The van der Waals surface area contributed by atoms with Gasteiger partial charge in [0.05, 0.1) is 0 Å². The molecule has 1 aliphatic heterocycles. The number of rotatable bonds is 5. The number of piperazine rings is 1. The zero-order valence-corrected chi connectivity index (χ0v) is 9.92. The van der Waals surface area contributed by atoms with Crippen LogP contribution >= 0.6 is 0 Å². The van der Waals surface area contributed by atoms with Crippen LogP contribution in [-0.4, -0.2) is 61.7 Å². The molecule has 0 radical (unpaired) electrons. The van der Waals surface area contributed by atoms with E-state index in [4.69, 9.17) is 0 Å². The Balaban J connectivity index is 2.16. The van der Waals surface area contributed by atoms with Crippen LogP contribution in [0.25, 0.3) is 0 Å². The van der Waals surface area contributed by atoms with Crippen LogP contribution in [0.1, 0.15) is 20.8 Å². The van der Waals surface area contributed by atoms with Gasteiger partial charge in [0.2, 0.25) is 0 Å². The van der Waals surface area contributed by atoms with E-state index in [0.29, 0.717) is 6.04 Å². The first-order chi connectivity index (χ1) is 6.76. The first-order valence-corrected chi connectivity index (χ1v) is 5.94. The molecule has 1 rings (SSSR count). The van der Waals surface area contributed by atoms with Crippen LogP contribution in [-0.2, 0) is 0 Å². The van der Waals surface area contributed by atoms with Crippen molar-refractivity contribution in [2.45, 2.75) is 26.8 Å². The summed E-state index contributed by atoms with van der Waals surface area (Å²) in [7, 11) is 0. The van der Waals surface area contributed by atoms with Crippen molar-refractivity contribution in [1.29, 1.82) is 0 Å². The molecule has 0 aromatic heterocycles. The Hall–Kier alpha value is -0.120. The summed E-state index contributed by atoms with van der Waals surface area (Å²) in [6.07, 6.45) is 0. The molecule has 84 valence electrons. The molecule has 0 spiro atoms. The lowest BCUT2D eigenvalue weighted by atomic mass is 10.2. The molecule has 3 heteroatoms. The molecule has 1 N–H and O–H groups in total. The van der Waals surface area contributed by atoms with Crippen LogP contribution in [0.3, 0.4) is 0 Å². The summed E-state index contributed by atoms with van der Waals surface area (Å²) >= 11 is 0. The van der Waals surface area contributed by atoms with E-state index in [1.54, 1.807) is 0 Å². The average Bonchev–Trinajstić information content (AvgIpc) is 2.19. The maximum Gasteiger partial charge on any atom is 0.0167 e. The predicted molar refractivity (Wildman–Crippen MR) is 61.7 cm³/mol. The second kappa shape index (κ2) is 6.38. The largest absolute Gasteiger partial charge is 0.312 e. The third-order valence-electron chi connectivity index (χ3n) is 3.08. The quantitative estimate of drug-likeness (QED) is 0.700. The van der Waals surface area contributed by atoms with Crippen molar-refractivity contribution < 1.29 is 0 Å². The molecule has 0 unspecified atom stereocenters. The van der Waals surface area contributed by atoms with Crippen molar-refractivity contribution in [3.8, 4) is 0 Å². The van der Waals surface area contributed by atoms with Gasteiger partial charge in [-0.05, 0) is 20.0 Å². The Morgan fingerprint density at radius 2 is 2.07 bits per heavy atom. The molecule has 3 nitrogen and oxygen atoms in total. The first kappa shape index (κ1) is 12.0. The molecule has 0 aromatic rings. The first-order valence-electron chi connectivity index (χ1n) is 5.94. The van der Waals surface area contributed by atoms with Gasteiger partial charge in [-0.15, -0.1) is 0 Å². The van der Waals surface area contributed by atoms with E-state index < -0.39 is 0 Å². The van der Waals surface area contributed by atoms with Crippen molar-refractivity contribution in [1.82, 2.24) is 15.1 Å². The highest BCUT2D eigenvalue weighted by Crippen LogP contribution is 1.98. The van der Waals surface area contributed by atoms with E-state index in [9.17, 15) is 0 Å². The smallest absolute Gasteiger partial charge is 0.0167 e. The van der Waals surface area contributed by atoms with Gasteiger partial charge in [0, 0.05) is 38.8 Å². The minimum absolute atomic E-state index is 0.667. The number of nitrogens with zero attached hydrogens (tertiary/aromatic N) is 2. The Morgan fingerprint density at radius 3 is 2.64 bits per heavy atom. The van der Waals surface area contributed by atoms with E-state index >= 15 is 0 Å². The maximum atomic E-state index is 3.47. The highest BCUT2D eigenvalue weighted by atomic mass is 15.2. The molecule has 1 fully saturated rings. The van der Waals surface area contributed by atoms with Crippen molar-refractivity contribution in [3.63, 3.8) is 0 Å². The van der Waals surface area contributed by atoms with E-state index in [2.05, 4.69) is 35.9 Å². The number of nitrogens with one attached hydrogen (secondary N) is 1. The summed E-state index contributed by atoms with van der Waals surface area (Å²) in [5.74, 6) is 0. The van der Waals surface area contributed by atoms with Crippen LogP contribution in [0, 0.1) is 0 Å². The summed E-state index contributed by atoms with van der Waals surface area (Å²) in [6.45, 7) is 15.1. The zero-order chi connectivity index (χ0) is 10.4. The van der Waals surface area contributed by atoms with Gasteiger partial charge in [0.1, 0.15) is 0 Å². The van der Waals surface area contributed by atoms with Crippen LogP contribution in [0.5, 0.6) is 0 Å². The van der Waals surface area contributed by atoms with E-state index in [-0.39, 0.29) is 0 Å². The molecule has 1 atom stereocenters. The lowest BCUT2D eigenvalue weighted by Crippen LogP contribution is -2.50. The summed E-state index contributed by atoms with van der Waals surface area (Å²) in [5.41, 5.74) is 0. The lowest BCUT2D eigenvalue weighted by Gasteiger charge is -2.33. The fourth-order valence-electron chi connectivity index (χ4n) is 2.04. The fourth-order valence-corrected chi connectivity index (χ4v) is 2.04. The zero-order valence-electron chi connectivity index (χ0n) is 9.92. The third-order valence-corrected chi connectivity index (χ3v) is 3.08. The normalized spacial score (nSPS) is 24.4. The summed E-state index contributed by atoms with van der Waals surface area (Å²) < 4.78 is 0. The van der Waals surface area contributed by atoms with E-state index in [1.807, 2.05) is 0 Å². The standard InChI is InChI=1S/C11H25N3/c1-4-13(5-2)8-9-14-7-6-12-11(3)10-14/h11-12H,4-10H2,1-3H3/t11-/m0/s1. The van der Waals surface area contributed by atoms with Gasteiger partial charge >= 0.3 is 0 Å². The van der Waals surface area contributed by atoms with E-state index in [0.717, 1.165) is 6.54 Å². The van der Waals surface area contributed by atoms with Gasteiger partial charge in [-0.2, -0.15) is 0 Å². The molecule has 0 aromatic carbocycles. The highest BCUT2D eigenvalue weighted by molar-refractivity contribution is 4.75. The van der Waals surface area contributed by atoms with Gasteiger partial charge in [-0.25, -0.2) is 0 Å². The van der Waals surface area contributed by atoms with Crippen molar-refractivity contribution in [2.24, 2.45) is 0 Å². The van der Waals surface area contributed by atoms with Crippen LogP contribution in [0.4, 0.5) is 0 Å². The Kier molecular flexibility index (Phi) is 5.45. The molecular weight excluding hydrogens is 174 g/mol. The van der Waals surface area contributed by atoms with Crippen LogP contribution in [0.15, 0.2) is 0 Å². The Bertz CT molecular complexity index is 145. The number of hydrogen-bond acceptors (Lipinski definition) is 3. The van der Waals surface area contributed by atoms with Gasteiger partial charge in [0.25, 0.3) is 0 Å². The molecule has 1 heterocycles. The summed E-state index contributed by atoms with van der Waals surface area (Å²) in [6, 6.07) is 0.667. The van der Waals surface area contributed by atoms with Crippen LogP contribution < -0.4 is 5.32 Å². The lowest BCUT2D eigenvalue weighted by molar-refractivity contribution is 0.175. The van der Waals surface area contributed by atoms with Gasteiger partial charge in [-0.1, -0.05) is 13.8 Å². The minimum Gasteiger partial charge on any atom is -0.312 e. The number of hydrogen-bond donors (Lipinski definition) is 1. The fraction of sp³-hybridized carbons (Fsp3) is 1.00. The molecule has 1 saturated heterocycles. The molecule has 0 bridgehead atoms. The van der Waals surface area contributed by atoms with E-state index in [1.165, 1.54) is 39.3 Å². The van der Waals surface area contributed by atoms with Crippen molar-refractivity contribution in [3.05, 3.63) is 0 Å². The SMILES string of the molecule is CCN(CC)CCN1CCN[C@@H](C)C1. The second-order valence-electron chi connectivity index (χ2n) is 4.18. The predicted octanol–water partition coefficient (Wildman–Crippen LogP) is 0.622. The van der Waals surface area contributed by atoms with Gasteiger partial charge in [0.15, 0.2) is 0 Å². The highest BCUT2D eigenvalue weighted by Gasteiger charge is 2.15. The average molecular weight is 199 g/mol. The molecule has 0 aliphatic carbocycles. The monoisotopic (exact) mass is 199 g/mol. The third kappa shape index (κ3) is 3.95. The number of likely N-dealkylation sites (N-methyl/N-ethyl adjacent to an activating group) is 1.